The van der Waals surface area contributed by atoms with Gasteiger partial charge >= 0.3 is 6.03 Å². The Morgan fingerprint density at radius 2 is 2.02 bits per heavy atom. The van der Waals surface area contributed by atoms with Gasteiger partial charge in [-0.25, -0.2) is 29.6 Å². The summed E-state index contributed by atoms with van der Waals surface area (Å²) in [6, 6.07) is 7.23. The first-order valence-electron chi connectivity index (χ1n) is 15.4. The molecule has 0 bridgehead atoms. The van der Waals surface area contributed by atoms with Crippen LogP contribution < -0.4 is 20.9 Å². The van der Waals surface area contributed by atoms with Crippen molar-refractivity contribution in [2.45, 2.75) is 32.4 Å². The molecule has 252 valence electrons. The molecule has 1 unspecified atom stereocenters. The number of aryl methyl sites for hydroxylation is 1. The van der Waals surface area contributed by atoms with Crippen LogP contribution in [-0.4, -0.2) is 101 Å². The maximum Gasteiger partial charge on any atom is 0.332 e. The van der Waals surface area contributed by atoms with Gasteiger partial charge in [0.25, 0.3) is 5.91 Å². The van der Waals surface area contributed by atoms with Crippen molar-refractivity contribution >= 4 is 58.9 Å². The van der Waals surface area contributed by atoms with Crippen LogP contribution >= 0.6 is 11.6 Å². The normalized spacial score (nSPS) is 18.6. The zero-order valence-electron chi connectivity index (χ0n) is 26.6. The van der Waals surface area contributed by atoms with Gasteiger partial charge in [0.15, 0.2) is 17.5 Å². The number of carbonyl (C=O) groups is 3. The number of imide groups is 1. The van der Waals surface area contributed by atoms with Crippen molar-refractivity contribution in [1.82, 2.24) is 19.9 Å². The van der Waals surface area contributed by atoms with E-state index >= 15 is 0 Å². The minimum Gasteiger partial charge on any atom is -0.390 e. The minimum atomic E-state index is -0.772. The fourth-order valence-corrected chi connectivity index (χ4v) is 6.27. The SMILES string of the molecule is Cc1nc(C(=N)N=CN)ccc1-c1cnc2c(n1)N(CCOCCOC1CCN3C(=O)N(c4ccc(C#N)c(Cl)c4C)C(=O)[C@H]13)C(=O)CN2. The number of nitrogens with one attached hydrogen (secondary N) is 2. The second-order valence-electron chi connectivity index (χ2n) is 11.4. The Labute approximate surface area is 286 Å². The molecule has 3 aliphatic heterocycles. The number of aromatic nitrogens is 3. The number of hydrogen-bond donors (Lipinski definition) is 3. The lowest BCUT2D eigenvalue weighted by molar-refractivity contribution is -0.122. The van der Waals surface area contributed by atoms with E-state index in [1.807, 2.05) is 6.07 Å². The number of nitrogens with two attached hydrogens (primary N) is 1. The number of aliphatic imine (C=N–C) groups is 1. The molecule has 3 aromatic rings. The lowest BCUT2D eigenvalue weighted by atomic mass is 10.1. The third-order valence-electron chi connectivity index (χ3n) is 8.52. The van der Waals surface area contributed by atoms with Crippen molar-refractivity contribution in [3.05, 3.63) is 58.0 Å². The molecule has 0 spiro atoms. The lowest BCUT2D eigenvalue weighted by Crippen LogP contribution is -2.43. The van der Waals surface area contributed by atoms with Crippen LogP contribution in [0.25, 0.3) is 11.3 Å². The molecule has 2 fully saturated rings. The number of benzene rings is 1. The third kappa shape index (κ3) is 6.26. The van der Waals surface area contributed by atoms with Gasteiger partial charge in [-0.15, -0.1) is 0 Å². The Hall–Kier alpha value is -5.50. The fourth-order valence-electron chi connectivity index (χ4n) is 6.07. The zero-order valence-corrected chi connectivity index (χ0v) is 27.4. The summed E-state index contributed by atoms with van der Waals surface area (Å²) in [5.74, 6) is 0.143. The second kappa shape index (κ2) is 13.9. The van der Waals surface area contributed by atoms with Crippen molar-refractivity contribution in [3.63, 3.8) is 0 Å². The molecule has 2 saturated heterocycles. The number of amidine groups is 1. The number of urea groups is 1. The molecule has 4 N–H and O–H groups in total. The van der Waals surface area contributed by atoms with Gasteiger partial charge in [0.05, 0.1) is 73.5 Å². The number of fused-ring (bicyclic) bond motifs is 2. The second-order valence-corrected chi connectivity index (χ2v) is 11.7. The van der Waals surface area contributed by atoms with Crippen LogP contribution in [0, 0.1) is 30.6 Å². The molecule has 0 radical (unpaired) electrons. The van der Waals surface area contributed by atoms with Crippen molar-refractivity contribution < 1.29 is 23.9 Å². The molecule has 2 atom stereocenters. The van der Waals surface area contributed by atoms with Crippen molar-refractivity contribution in [3.8, 4) is 17.3 Å². The summed E-state index contributed by atoms with van der Waals surface area (Å²) in [7, 11) is 0. The molecular formula is C32H32ClN11O5. The number of anilines is 3. The molecule has 6 rings (SSSR count). The Kier molecular flexibility index (Phi) is 9.49. The van der Waals surface area contributed by atoms with E-state index in [-0.39, 0.29) is 55.2 Å². The summed E-state index contributed by atoms with van der Waals surface area (Å²) in [6.45, 7) is 4.62. The number of carbonyl (C=O) groups excluding carboxylic acids is 3. The average molecular weight is 686 g/mol. The summed E-state index contributed by atoms with van der Waals surface area (Å²) in [5.41, 5.74) is 8.51. The van der Waals surface area contributed by atoms with Gasteiger partial charge in [0, 0.05) is 17.8 Å². The van der Waals surface area contributed by atoms with Gasteiger partial charge in [0.2, 0.25) is 5.91 Å². The Morgan fingerprint density at radius 1 is 1.20 bits per heavy atom. The van der Waals surface area contributed by atoms with Crippen LogP contribution in [-0.2, 0) is 19.1 Å². The van der Waals surface area contributed by atoms with Crippen molar-refractivity contribution in [2.75, 3.05) is 54.6 Å². The molecule has 0 saturated carbocycles. The summed E-state index contributed by atoms with van der Waals surface area (Å²) in [6.07, 6.45) is 2.61. The summed E-state index contributed by atoms with van der Waals surface area (Å²) in [4.78, 5) is 61.0. The molecule has 1 aromatic carbocycles. The van der Waals surface area contributed by atoms with Crippen molar-refractivity contribution in [1.29, 1.82) is 10.7 Å². The van der Waals surface area contributed by atoms with E-state index in [2.05, 4.69) is 20.3 Å². The Morgan fingerprint density at radius 3 is 2.78 bits per heavy atom. The largest absolute Gasteiger partial charge is 0.390 e. The molecule has 4 amide bonds. The number of hydrogen-bond acceptors (Lipinski definition) is 11. The molecule has 16 nitrogen and oxygen atoms in total. The van der Waals surface area contributed by atoms with Gasteiger partial charge < -0.3 is 25.4 Å². The highest BCUT2D eigenvalue weighted by atomic mass is 35.5. The molecular weight excluding hydrogens is 654 g/mol. The van der Waals surface area contributed by atoms with E-state index in [4.69, 9.17) is 37.2 Å². The number of nitriles is 1. The fraction of sp³-hybridized carbons (Fsp3) is 0.344. The van der Waals surface area contributed by atoms with Gasteiger partial charge in [-0.1, -0.05) is 11.6 Å². The number of amides is 4. The number of rotatable bonds is 10. The summed E-state index contributed by atoms with van der Waals surface area (Å²) < 4.78 is 11.8. The van der Waals surface area contributed by atoms with Crippen LogP contribution in [0.3, 0.4) is 0 Å². The number of nitrogens with zero attached hydrogens (tertiary/aromatic N) is 8. The smallest absolute Gasteiger partial charge is 0.332 e. The summed E-state index contributed by atoms with van der Waals surface area (Å²) in [5, 5.41) is 20.4. The predicted octanol–water partition coefficient (Wildman–Crippen LogP) is 2.39. The van der Waals surface area contributed by atoms with E-state index in [0.717, 1.165) is 11.2 Å². The topological polar surface area (TPSA) is 216 Å². The van der Waals surface area contributed by atoms with Gasteiger partial charge in [-0.05, 0) is 50.1 Å². The highest BCUT2D eigenvalue weighted by Crippen LogP contribution is 2.37. The zero-order chi connectivity index (χ0) is 34.8. The highest BCUT2D eigenvalue weighted by molar-refractivity contribution is 6.33. The first-order valence-corrected chi connectivity index (χ1v) is 15.8. The van der Waals surface area contributed by atoms with Gasteiger partial charge in [-0.2, -0.15) is 5.26 Å². The number of pyridine rings is 1. The number of halogens is 1. The Balaban J connectivity index is 1.04. The van der Waals surface area contributed by atoms with Gasteiger partial charge in [-0.3, -0.25) is 19.9 Å². The molecule has 0 aliphatic carbocycles. The minimum absolute atomic E-state index is 0.0563. The first-order chi connectivity index (χ1) is 23.6. The molecule has 49 heavy (non-hydrogen) atoms. The lowest BCUT2D eigenvalue weighted by Gasteiger charge is -2.28. The van der Waals surface area contributed by atoms with E-state index < -0.39 is 24.1 Å². The summed E-state index contributed by atoms with van der Waals surface area (Å²) >= 11 is 6.30. The van der Waals surface area contributed by atoms with E-state index in [1.54, 1.807) is 38.2 Å². The number of ether oxygens (including phenoxy) is 2. The predicted molar refractivity (Wildman–Crippen MR) is 180 cm³/mol. The van der Waals surface area contributed by atoms with Gasteiger partial charge in [0.1, 0.15) is 17.8 Å². The molecule has 17 heteroatoms. The van der Waals surface area contributed by atoms with E-state index in [1.165, 1.54) is 15.9 Å². The van der Waals surface area contributed by atoms with Crippen LogP contribution in [0.4, 0.5) is 22.1 Å². The first kappa shape index (κ1) is 33.4. The highest BCUT2D eigenvalue weighted by Gasteiger charge is 2.53. The third-order valence-corrected chi connectivity index (χ3v) is 9.00. The maximum absolute atomic E-state index is 13.4. The van der Waals surface area contributed by atoms with Crippen LogP contribution in [0.5, 0.6) is 0 Å². The molecule has 2 aromatic heterocycles. The standard InChI is InChI=1S/C32H32ClN11O5/c1-17-23(6-3-19(13-34)26(17)33)44-31(46)27-24(7-8-43(27)32(44)47)49-12-11-48-10-9-42-25(45)15-38-29-30(42)41-22(14-37-29)20-4-5-21(40-18(20)2)28(36)39-16-35/h3-6,14,16,24,27H,7-12,15H2,1-2H3,(H,37,38)(H3,35,36,39)/t24?,27-/m0/s1. The average Bonchev–Trinajstić information content (AvgIpc) is 3.62. The van der Waals surface area contributed by atoms with Crippen LogP contribution in [0.15, 0.2) is 35.5 Å². The van der Waals surface area contributed by atoms with E-state index in [9.17, 15) is 19.6 Å². The molecule has 3 aliphatic rings. The molecule has 5 heterocycles. The van der Waals surface area contributed by atoms with Crippen LogP contribution in [0.1, 0.15) is 28.9 Å². The van der Waals surface area contributed by atoms with Crippen molar-refractivity contribution in [2.24, 2.45) is 10.7 Å². The monoisotopic (exact) mass is 685 g/mol. The van der Waals surface area contributed by atoms with E-state index in [0.29, 0.717) is 58.5 Å². The van der Waals surface area contributed by atoms with Crippen LogP contribution in [0.2, 0.25) is 5.02 Å². The Bertz CT molecular complexity index is 1930. The maximum atomic E-state index is 13.4. The quantitative estimate of drug-likeness (QED) is 0.122.